The molecule has 1 aliphatic heterocycles. The van der Waals surface area contributed by atoms with Crippen LogP contribution in [0.2, 0.25) is 0 Å². The van der Waals surface area contributed by atoms with Crippen molar-refractivity contribution in [2.24, 2.45) is 0 Å². The number of hydrogen-bond acceptors (Lipinski definition) is 7. The Labute approximate surface area is 205 Å². The molecule has 36 heavy (non-hydrogen) atoms. The van der Waals surface area contributed by atoms with E-state index in [1.807, 2.05) is 0 Å². The molecule has 1 fully saturated rings. The van der Waals surface area contributed by atoms with E-state index in [1.165, 1.54) is 37.5 Å². The molecule has 3 N–H and O–H groups in total. The second-order valence-electron chi connectivity index (χ2n) is 7.58. The minimum absolute atomic E-state index is 0.0324. The average Bonchev–Trinajstić information content (AvgIpc) is 2.87. The third-order valence-corrected chi connectivity index (χ3v) is 5.15. The zero-order valence-electron chi connectivity index (χ0n) is 19.1. The molecule has 0 bridgehead atoms. The van der Waals surface area contributed by atoms with Gasteiger partial charge in [0.05, 0.1) is 18.5 Å². The second kappa shape index (κ2) is 10.4. The third-order valence-electron chi connectivity index (χ3n) is 5.15. The normalized spacial score (nSPS) is 14.4. The molecule has 0 unspecified atom stereocenters. The lowest BCUT2D eigenvalue weighted by molar-refractivity contribution is -0.122. The number of para-hydroxylation sites is 2. The Morgan fingerprint density at radius 1 is 1.00 bits per heavy atom. The molecule has 1 aliphatic rings. The topological polar surface area (TPSA) is 134 Å². The highest BCUT2D eigenvalue weighted by atomic mass is 16.5. The van der Waals surface area contributed by atoms with Crippen LogP contribution in [0.3, 0.4) is 0 Å². The van der Waals surface area contributed by atoms with Gasteiger partial charge < -0.3 is 19.9 Å². The summed E-state index contributed by atoms with van der Waals surface area (Å²) in [6, 6.07) is 17.9. The van der Waals surface area contributed by atoms with Crippen LogP contribution in [-0.4, -0.2) is 42.6 Å². The van der Waals surface area contributed by atoms with Crippen LogP contribution in [-0.2, 0) is 14.4 Å². The average molecular weight is 487 g/mol. The van der Waals surface area contributed by atoms with E-state index >= 15 is 0 Å². The summed E-state index contributed by atoms with van der Waals surface area (Å²) >= 11 is 0. The number of rotatable bonds is 7. The maximum Gasteiger partial charge on any atom is 0.335 e. The lowest BCUT2D eigenvalue weighted by Crippen LogP contribution is -2.54. The van der Waals surface area contributed by atoms with Crippen molar-refractivity contribution in [3.8, 4) is 17.2 Å². The molecular weight excluding hydrogens is 466 g/mol. The summed E-state index contributed by atoms with van der Waals surface area (Å²) in [4.78, 5) is 50.5. The number of barbiturate groups is 1. The van der Waals surface area contributed by atoms with Crippen molar-refractivity contribution in [1.29, 1.82) is 0 Å². The fourth-order valence-electron chi connectivity index (χ4n) is 3.40. The van der Waals surface area contributed by atoms with E-state index in [0.717, 1.165) is 4.90 Å². The number of hydrogen-bond donors (Lipinski definition) is 3. The minimum atomic E-state index is -0.886. The predicted molar refractivity (Wildman–Crippen MR) is 131 cm³/mol. The number of ether oxygens (including phenoxy) is 2. The van der Waals surface area contributed by atoms with Crippen LogP contribution in [0.25, 0.3) is 6.08 Å². The number of aromatic hydroxyl groups is 1. The minimum Gasteiger partial charge on any atom is -0.508 e. The van der Waals surface area contributed by atoms with Gasteiger partial charge in [-0.05, 0) is 60.2 Å². The highest BCUT2D eigenvalue weighted by Crippen LogP contribution is 2.25. The Morgan fingerprint density at radius 3 is 2.39 bits per heavy atom. The van der Waals surface area contributed by atoms with E-state index in [4.69, 9.17) is 9.47 Å². The highest BCUT2D eigenvalue weighted by molar-refractivity contribution is 6.39. The van der Waals surface area contributed by atoms with Gasteiger partial charge in [-0.2, -0.15) is 0 Å². The number of anilines is 2. The van der Waals surface area contributed by atoms with Crippen LogP contribution in [0.5, 0.6) is 17.2 Å². The molecule has 1 saturated heterocycles. The Morgan fingerprint density at radius 2 is 1.69 bits per heavy atom. The molecule has 0 atom stereocenters. The fraction of sp³-hybridized carbons (Fsp3) is 0.0769. The Balaban J connectivity index is 1.42. The molecule has 10 nitrogen and oxygen atoms in total. The fourth-order valence-corrected chi connectivity index (χ4v) is 3.40. The van der Waals surface area contributed by atoms with Crippen molar-refractivity contribution in [2.75, 3.05) is 23.9 Å². The van der Waals surface area contributed by atoms with Gasteiger partial charge in [-0.3, -0.25) is 19.7 Å². The first kappa shape index (κ1) is 24.0. The lowest BCUT2D eigenvalue weighted by Gasteiger charge is -2.26. The molecule has 0 spiro atoms. The predicted octanol–water partition coefficient (Wildman–Crippen LogP) is 3.08. The summed E-state index contributed by atoms with van der Waals surface area (Å²) in [5, 5.41) is 14.3. The molecule has 3 aromatic rings. The highest BCUT2D eigenvalue weighted by Gasteiger charge is 2.36. The molecule has 10 heteroatoms. The first-order chi connectivity index (χ1) is 17.4. The van der Waals surface area contributed by atoms with Gasteiger partial charge in [0.15, 0.2) is 6.61 Å². The molecular formula is C26H21N3O7. The smallest absolute Gasteiger partial charge is 0.335 e. The van der Waals surface area contributed by atoms with E-state index in [1.54, 1.807) is 48.5 Å². The number of carbonyl (C=O) groups excluding carboxylic acids is 4. The van der Waals surface area contributed by atoms with E-state index in [-0.39, 0.29) is 29.5 Å². The number of imide groups is 2. The van der Waals surface area contributed by atoms with Gasteiger partial charge in [-0.25, -0.2) is 9.69 Å². The molecule has 0 saturated carbocycles. The quantitative estimate of drug-likeness (QED) is 0.344. The van der Waals surface area contributed by atoms with Crippen LogP contribution in [0, 0.1) is 0 Å². The van der Waals surface area contributed by atoms with Crippen LogP contribution in [0.4, 0.5) is 16.2 Å². The van der Waals surface area contributed by atoms with Gasteiger partial charge in [-0.15, -0.1) is 0 Å². The zero-order valence-corrected chi connectivity index (χ0v) is 19.1. The summed E-state index contributed by atoms with van der Waals surface area (Å²) in [5.74, 6) is -1.12. The number of phenols is 1. The summed E-state index contributed by atoms with van der Waals surface area (Å²) in [6.45, 7) is -0.247. The van der Waals surface area contributed by atoms with Crippen LogP contribution in [0.1, 0.15) is 5.56 Å². The number of carbonyl (C=O) groups is 4. The maximum atomic E-state index is 12.9. The van der Waals surface area contributed by atoms with Crippen molar-refractivity contribution >= 4 is 41.2 Å². The van der Waals surface area contributed by atoms with Crippen molar-refractivity contribution in [2.45, 2.75) is 0 Å². The first-order valence-corrected chi connectivity index (χ1v) is 10.7. The van der Waals surface area contributed by atoms with Gasteiger partial charge in [0.2, 0.25) is 0 Å². The Kier molecular flexibility index (Phi) is 6.96. The van der Waals surface area contributed by atoms with E-state index in [2.05, 4.69) is 10.6 Å². The SMILES string of the molecule is COc1ccccc1NC(=O)COc1ccc(/C=C2/C(=O)NC(=O)N(c3ccc(O)cc3)C2=O)cc1. The maximum absolute atomic E-state index is 12.9. The first-order valence-electron chi connectivity index (χ1n) is 10.7. The standard InChI is InChI=1S/C26H21N3O7/c1-35-22-5-3-2-4-21(22)27-23(31)15-36-19-12-6-16(7-13-19)14-20-24(32)28-26(34)29(25(20)33)17-8-10-18(30)11-9-17/h2-14,30H,15H2,1H3,(H,27,31)(H,28,32,34)/b20-14-. The zero-order chi connectivity index (χ0) is 25.7. The number of methoxy groups -OCH3 is 1. The summed E-state index contributed by atoms with van der Waals surface area (Å²) < 4.78 is 10.7. The van der Waals surface area contributed by atoms with Crippen molar-refractivity contribution in [1.82, 2.24) is 5.32 Å². The monoisotopic (exact) mass is 487 g/mol. The van der Waals surface area contributed by atoms with Crippen molar-refractivity contribution in [3.05, 3.63) is 83.9 Å². The number of urea groups is 1. The molecule has 3 aromatic carbocycles. The Hall–Kier alpha value is -5.12. The van der Waals surface area contributed by atoms with Crippen molar-refractivity contribution in [3.63, 3.8) is 0 Å². The lowest BCUT2D eigenvalue weighted by atomic mass is 10.1. The molecule has 0 radical (unpaired) electrons. The van der Waals surface area contributed by atoms with Gasteiger partial charge in [0.1, 0.15) is 22.8 Å². The molecule has 1 heterocycles. The van der Waals surface area contributed by atoms with Gasteiger partial charge in [0, 0.05) is 0 Å². The number of phenolic OH excluding ortho intramolecular Hbond substituents is 1. The van der Waals surface area contributed by atoms with E-state index < -0.39 is 17.8 Å². The molecule has 182 valence electrons. The van der Waals surface area contributed by atoms with E-state index in [9.17, 15) is 24.3 Å². The molecule has 5 amide bonds. The second-order valence-corrected chi connectivity index (χ2v) is 7.58. The number of benzene rings is 3. The van der Waals surface area contributed by atoms with Crippen LogP contribution in [0.15, 0.2) is 78.4 Å². The number of nitrogens with zero attached hydrogens (tertiary/aromatic N) is 1. The van der Waals surface area contributed by atoms with Gasteiger partial charge >= 0.3 is 6.03 Å². The van der Waals surface area contributed by atoms with Crippen LogP contribution >= 0.6 is 0 Å². The molecule has 0 aromatic heterocycles. The summed E-state index contributed by atoms with van der Waals surface area (Å²) in [6.07, 6.45) is 1.34. The number of nitrogens with one attached hydrogen (secondary N) is 2. The van der Waals surface area contributed by atoms with Crippen molar-refractivity contribution < 1.29 is 33.8 Å². The van der Waals surface area contributed by atoms with E-state index in [0.29, 0.717) is 22.7 Å². The van der Waals surface area contributed by atoms with Gasteiger partial charge in [-0.1, -0.05) is 24.3 Å². The summed E-state index contributed by atoms with van der Waals surface area (Å²) in [5.41, 5.74) is 0.974. The Bertz CT molecular complexity index is 1350. The number of amides is 5. The summed E-state index contributed by atoms with van der Waals surface area (Å²) in [7, 11) is 1.51. The largest absolute Gasteiger partial charge is 0.508 e. The molecule has 0 aliphatic carbocycles. The van der Waals surface area contributed by atoms with Crippen LogP contribution < -0.4 is 25.0 Å². The van der Waals surface area contributed by atoms with Gasteiger partial charge in [0.25, 0.3) is 17.7 Å². The molecule has 4 rings (SSSR count). The third kappa shape index (κ3) is 5.33.